The predicted octanol–water partition coefficient (Wildman–Crippen LogP) is 2.28. The molecule has 8 heteroatoms. The van der Waals surface area contributed by atoms with Gasteiger partial charge in [0.2, 0.25) is 5.95 Å². The van der Waals surface area contributed by atoms with Gasteiger partial charge in [0.1, 0.15) is 5.69 Å². The Morgan fingerprint density at radius 2 is 1.92 bits per heavy atom. The third-order valence-electron chi connectivity index (χ3n) is 4.27. The highest BCUT2D eigenvalue weighted by Crippen LogP contribution is 2.32. The zero-order valence-electron chi connectivity index (χ0n) is 14.3. The summed E-state index contributed by atoms with van der Waals surface area (Å²) in [5.41, 5.74) is 3.10. The highest BCUT2D eigenvalue weighted by atomic mass is 16.5. The van der Waals surface area contributed by atoms with Gasteiger partial charge in [0.15, 0.2) is 11.6 Å². The Bertz CT molecular complexity index is 729. The molecule has 2 aromatic rings. The number of ether oxygens (including phenoxy) is 1. The van der Waals surface area contributed by atoms with E-state index in [1.54, 1.807) is 0 Å². The van der Waals surface area contributed by atoms with E-state index in [1.807, 2.05) is 6.92 Å². The van der Waals surface area contributed by atoms with Gasteiger partial charge in [-0.15, -0.1) is 0 Å². The van der Waals surface area contributed by atoms with Crippen LogP contribution in [0.5, 0.6) is 0 Å². The molecule has 4 rings (SSSR count). The highest BCUT2D eigenvalue weighted by molar-refractivity contribution is 5.82. The molecule has 1 fully saturated rings. The Hall–Kier alpha value is -2.74. The molecule has 1 aromatic carbocycles. The summed E-state index contributed by atoms with van der Waals surface area (Å²) in [7, 11) is 0. The molecule has 0 radical (unpaired) electrons. The van der Waals surface area contributed by atoms with Crippen LogP contribution in [0.1, 0.15) is 6.92 Å². The van der Waals surface area contributed by atoms with Gasteiger partial charge in [0, 0.05) is 31.0 Å². The number of benzene rings is 1. The number of nitrogens with zero attached hydrogens (tertiary/aromatic N) is 3. The first-order chi connectivity index (χ1) is 12.3. The van der Waals surface area contributed by atoms with Gasteiger partial charge in [0.05, 0.1) is 19.9 Å². The Labute approximate surface area is 147 Å². The van der Waals surface area contributed by atoms with Crippen molar-refractivity contribution >= 4 is 34.6 Å². The van der Waals surface area contributed by atoms with E-state index in [9.17, 15) is 0 Å². The van der Waals surface area contributed by atoms with E-state index in [1.165, 1.54) is 5.69 Å². The second-order valence-corrected chi connectivity index (χ2v) is 5.95. The van der Waals surface area contributed by atoms with Gasteiger partial charge >= 0.3 is 0 Å². The average Bonchev–Trinajstić information content (AvgIpc) is 3.12. The van der Waals surface area contributed by atoms with E-state index in [0.717, 1.165) is 55.9 Å². The summed E-state index contributed by atoms with van der Waals surface area (Å²) in [6.45, 7) is 6.97. The lowest BCUT2D eigenvalue weighted by Gasteiger charge is -2.28. The van der Waals surface area contributed by atoms with Crippen LogP contribution in [0.15, 0.2) is 24.3 Å². The second-order valence-electron chi connectivity index (χ2n) is 5.95. The number of nitrogens with one attached hydrogen (secondary N) is 4. The molecule has 1 aromatic heterocycles. The van der Waals surface area contributed by atoms with Gasteiger partial charge < -0.3 is 30.9 Å². The lowest BCUT2D eigenvalue weighted by molar-refractivity contribution is 0.122. The Morgan fingerprint density at radius 3 is 2.68 bits per heavy atom. The average molecular weight is 341 g/mol. The Balaban J connectivity index is 1.51. The molecule has 0 bridgehead atoms. The standard InChI is InChI=1S/C17H23N7O/c1-2-18-15-14-16(20-11-19-14)23-17(22-15)21-12-3-5-13(6-4-12)24-7-9-25-10-8-24/h3-6,19H,2,7-11H2,1H3,(H3,18,20,21,22,23). The molecular formula is C17H23N7O. The van der Waals surface area contributed by atoms with Crippen LogP contribution in [0, 0.1) is 0 Å². The molecule has 0 spiro atoms. The van der Waals surface area contributed by atoms with E-state index in [4.69, 9.17) is 4.74 Å². The summed E-state index contributed by atoms with van der Waals surface area (Å²) in [5, 5.41) is 13.0. The SMILES string of the molecule is CCNc1nc(Nc2ccc(N3CCOCC3)cc2)nc2c1NCN2. The molecule has 25 heavy (non-hydrogen) atoms. The van der Waals surface area contributed by atoms with Gasteiger partial charge in [-0.2, -0.15) is 9.97 Å². The van der Waals surface area contributed by atoms with Crippen molar-refractivity contribution in [1.82, 2.24) is 9.97 Å². The lowest BCUT2D eigenvalue weighted by Crippen LogP contribution is -2.36. The number of rotatable bonds is 5. The maximum Gasteiger partial charge on any atom is 0.231 e. The van der Waals surface area contributed by atoms with Crippen LogP contribution in [0.2, 0.25) is 0 Å². The summed E-state index contributed by atoms with van der Waals surface area (Å²) in [6, 6.07) is 8.35. The van der Waals surface area contributed by atoms with Gasteiger partial charge in [-0.25, -0.2) is 0 Å². The zero-order valence-corrected chi connectivity index (χ0v) is 14.3. The number of aromatic nitrogens is 2. The number of hydrogen-bond acceptors (Lipinski definition) is 8. The number of anilines is 6. The molecule has 0 aliphatic carbocycles. The van der Waals surface area contributed by atoms with Crippen molar-refractivity contribution in [2.24, 2.45) is 0 Å². The number of morpholine rings is 1. The van der Waals surface area contributed by atoms with Crippen LogP contribution in [0.25, 0.3) is 0 Å². The van der Waals surface area contributed by atoms with Gasteiger partial charge in [-0.05, 0) is 31.2 Å². The molecule has 3 heterocycles. The van der Waals surface area contributed by atoms with E-state index in [2.05, 4.69) is 60.4 Å². The maximum absolute atomic E-state index is 5.40. The van der Waals surface area contributed by atoms with Crippen molar-refractivity contribution in [2.45, 2.75) is 6.92 Å². The molecule has 8 nitrogen and oxygen atoms in total. The molecule has 0 saturated carbocycles. The molecule has 0 amide bonds. The van der Waals surface area contributed by atoms with E-state index >= 15 is 0 Å². The van der Waals surface area contributed by atoms with E-state index in [0.29, 0.717) is 12.6 Å². The fourth-order valence-electron chi connectivity index (χ4n) is 3.03. The van der Waals surface area contributed by atoms with Crippen molar-refractivity contribution in [3.63, 3.8) is 0 Å². The monoisotopic (exact) mass is 341 g/mol. The van der Waals surface area contributed by atoms with Gasteiger partial charge in [-0.3, -0.25) is 0 Å². The van der Waals surface area contributed by atoms with Crippen LogP contribution in [0.4, 0.5) is 34.6 Å². The fourth-order valence-corrected chi connectivity index (χ4v) is 3.03. The van der Waals surface area contributed by atoms with E-state index < -0.39 is 0 Å². The minimum atomic E-state index is 0.574. The third-order valence-corrected chi connectivity index (χ3v) is 4.27. The topological polar surface area (TPSA) is 86.4 Å². The minimum absolute atomic E-state index is 0.574. The molecular weight excluding hydrogens is 318 g/mol. The van der Waals surface area contributed by atoms with Crippen molar-refractivity contribution in [1.29, 1.82) is 0 Å². The lowest BCUT2D eigenvalue weighted by atomic mass is 10.2. The maximum atomic E-state index is 5.40. The first kappa shape index (κ1) is 15.8. The second kappa shape index (κ2) is 7.02. The first-order valence-corrected chi connectivity index (χ1v) is 8.67. The fraction of sp³-hybridized carbons (Fsp3) is 0.412. The van der Waals surface area contributed by atoms with E-state index in [-0.39, 0.29) is 0 Å². The largest absolute Gasteiger partial charge is 0.378 e. The molecule has 1 saturated heterocycles. The van der Waals surface area contributed by atoms with Crippen LogP contribution in [-0.2, 0) is 4.74 Å². The normalized spacial score (nSPS) is 16.0. The highest BCUT2D eigenvalue weighted by Gasteiger charge is 2.18. The molecule has 132 valence electrons. The molecule has 2 aliphatic rings. The van der Waals surface area contributed by atoms with Crippen LogP contribution >= 0.6 is 0 Å². The van der Waals surface area contributed by atoms with Gasteiger partial charge in [-0.1, -0.05) is 0 Å². The predicted molar refractivity (Wildman–Crippen MR) is 101 cm³/mol. The summed E-state index contributed by atoms with van der Waals surface area (Å²) >= 11 is 0. The first-order valence-electron chi connectivity index (χ1n) is 8.67. The summed E-state index contributed by atoms with van der Waals surface area (Å²) < 4.78 is 5.40. The summed E-state index contributed by atoms with van der Waals surface area (Å²) in [5.74, 6) is 2.20. The smallest absolute Gasteiger partial charge is 0.231 e. The van der Waals surface area contributed by atoms with Crippen LogP contribution in [0.3, 0.4) is 0 Å². The number of hydrogen-bond donors (Lipinski definition) is 4. The van der Waals surface area contributed by atoms with Crippen molar-refractivity contribution < 1.29 is 4.74 Å². The molecule has 0 atom stereocenters. The quantitative estimate of drug-likeness (QED) is 0.659. The Kier molecular flexibility index (Phi) is 4.43. The number of fused-ring (bicyclic) bond motifs is 1. The van der Waals surface area contributed by atoms with Crippen molar-refractivity contribution in [2.75, 3.05) is 65.7 Å². The van der Waals surface area contributed by atoms with Crippen molar-refractivity contribution in [3.8, 4) is 0 Å². The summed E-state index contributed by atoms with van der Waals surface area (Å²) in [6.07, 6.45) is 0. The van der Waals surface area contributed by atoms with Crippen LogP contribution < -0.4 is 26.2 Å². The van der Waals surface area contributed by atoms with Gasteiger partial charge in [0.25, 0.3) is 0 Å². The van der Waals surface area contributed by atoms with Crippen LogP contribution in [-0.4, -0.2) is 49.5 Å². The zero-order chi connectivity index (χ0) is 17.1. The third kappa shape index (κ3) is 3.39. The summed E-state index contributed by atoms with van der Waals surface area (Å²) in [4.78, 5) is 11.5. The van der Waals surface area contributed by atoms with Crippen molar-refractivity contribution in [3.05, 3.63) is 24.3 Å². The minimum Gasteiger partial charge on any atom is -0.378 e. The molecule has 2 aliphatic heterocycles. The Morgan fingerprint density at radius 1 is 1.12 bits per heavy atom. The molecule has 4 N–H and O–H groups in total. The molecule has 0 unspecified atom stereocenters.